The van der Waals surface area contributed by atoms with Gasteiger partial charge in [-0.25, -0.2) is 4.99 Å². The molecule has 4 N–H and O–H groups in total. The van der Waals surface area contributed by atoms with Crippen molar-refractivity contribution in [3.05, 3.63) is 58.7 Å². The molecule has 1 aromatic rings. The Bertz CT molecular complexity index is 1050. The fourth-order valence-electron chi connectivity index (χ4n) is 4.16. The number of thiophene rings is 1. The summed E-state index contributed by atoms with van der Waals surface area (Å²) in [7, 11) is 1.60. The van der Waals surface area contributed by atoms with Crippen LogP contribution in [0.25, 0.3) is 5.70 Å². The largest absolute Gasteiger partial charge is 0.393 e. The summed E-state index contributed by atoms with van der Waals surface area (Å²) in [6.45, 7) is 13.5. The predicted molar refractivity (Wildman–Crippen MR) is 148 cm³/mol. The Morgan fingerprint density at radius 1 is 1.22 bits per heavy atom. The molecule has 1 atom stereocenters. The molecular weight excluding hydrogens is 499 g/mol. The Balaban J connectivity index is 2.11. The van der Waals surface area contributed by atoms with Gasteiger partial charge in [-0.05, 0) is 63.7 Å². The molecule has 0 bridgehead atoms. The molecular formula is C27H38F3N5OS. The minimum atomic E-state index is -4.29. The zero-order valence-corrected chi connectivity index (χ0v) is 22.7. The zero-order valence-electron chi connectivity index (χ0n) is 21.9. The van der Waals surface area contributed by atoms with Crippen LogP contribution in [0, 0.1) is 0 Å². The molecule has 10 heteroatoms. The Labute approximate surface area is 221 Å². The van der Waals surface area contributed by atoms with Crippen molar-refractivity contribution in [2.45, 2.75) is 64.6 Å². The average Bonchev–Trinajstić information content (AvgIpc) is 3.25. The molecule has 0 aromatic carbocycles. The molecule has 1 aromatic heterocycles. The number of hydrogen-bond donors (Lipinski definition) is 3. The number of hydrogen-bond acceptors (Lipinski definition) is 5. The lowest BCUT2D eigenvalue weighted by atomic mass is 10.0. The third kappa shape index (κ3) is 9.76. The topological polar surface area (TPSA) is 82.8 Å². The summed E-state index contributed by atoms with van der Waals surface area (Å²) >= 11 is 0.997. The van der Waals surface area contributed by atoms with Crippen LogP contribution in [-0.4, -0.2) is 49.5 Å². The van der Waals surface area contributed by atoms with Crippen LogP contribution in [0.4, 0.5) is 18.2 Å². The van der Waals surface area contributed by atoms with Crippen molar-refractivity contribution in [2.75, 3.05) is 20.1 Å². The molecule has 0 radical (unpaired) electrons. The molecule has 1 amide bonds. The smallest absolute Gasteiger partial charge is 0.390 e. The molecule has 37 heavy (non-hydrogen) atoms. The molecule has 0 saturated carbocycles. The molecule has 0 aliphatic carbocycles. The Morgan fingerprint density at radius 3 is 2.51 bits per heavy atom. The minimum Gasteiger partial charge on any atom is -0.390 e. The van der Waals surface area contributed by atoms with E-state index < -0.39 is 12.6 Å². The quantitative estimate of drug-likeness (QED) is 0.160. The van der Waals surface area contributed by atoms with E-state index >= 15 is 0 Å². The van der Waals surface area contributed by atoms with Gasteiger partial charge in [0, 0.05) is 53.6 Å². The van der Waals surface area contributed by atoms with Crippen molar-refractivity contribution in [1.82, 2.24) is 15.5 Å². The minimum absolute atomic E-state index is 0.128. The molecule has 1 fully saturated rings. The van der Waals surface area contributed by atoms with Crippen LogP contribution in [-0.2, 0) is 11.2 Å². The van der Waals surface area contributed by atoms with Gasteiger partial charge in [0.2, 0.25) is 5.91 Å². The van der Waals surface area contributed by atoms with E-state index in [2.05, 4.69) is 33.7 Å². The van der Waals surface area contributed by atoms with E-state index in [9.17, 15) is 18.0 Å². The van der Waals surface area contributed by atoms with E-state index in [4.69, 9.17) is 5.73 Å². The lowest BCUT2D eigenvalue weighted by Crippen LogP contribution is -2.29. The second-order valence-electron chi connectivity index (χ2n) is 9.20. The van der Waals surface area contributed by atoms with Gasteiger partial charge in [-0.3, -0.25) is 4.79 Å². The molecule has 1 aliphatic heterocycles. The summed E-state index contributed by atoms with van der Waals surface area (Å²) in [5, 5.41) is 6.66. The van der Waals surface area contributed by atoms with Crippen molar-refractivity contribution in [3.63, 3.8) is 0 Å². The van der Waals surface area contributed by atoms with Crippen LogP contribution < -0.4 is 16.4 Å². The Kier molecular flexibility index (Phi) is 11.5. The number of nitrogens with two attached hydrogens (primary N) is 1. The van der Waals surface area contributed by atoms with Gasteiger partial charge in [0.05, 0.1) is 12.8 Å². The van der Waals surface area contributed by atoms with Gasteiger partial charge in [0.25, 0.3) is 0 Å². The van der Waals surface area contributed by atoms with Gasteiger partial charge < -0.3 is 21.3 Å². The van der Waals surface area contributed by atoms with Crippen LogP contribution in [0.15, 0.2) is 53.2 Å². The van der Waals surface area contributed by atoms with Crippen LogP contribution in [0.3, 0.4) is 0 Å². The number of alkyl halides is 3. The lowest BCUT2D eigenvalue weighted by molar-refractivity contribution is -0.126. The summed E-state index contributed by atoms with van der Waals surface area (Å²) < 4.78 is 38.9. The first-order valence-corrected chi connectivity index (χ1v) is 13.2. The van der Waals surface area contributed by atoms with Crippen molar-refractivity contribution >= 4 is 34.3 Å². The third-order valence-electron chi connectivity index (χ3n) is 6.14. The number of allylic oxidation sites excluding steroid dienone is 3. The molecule has 204 valence electrons. The number of halogens is 3. The maximum Gasteiger partial charge on any atom is 0.393 e. The molecule has 1 saturated heterocycles. The van der Waals surface area contributed by atoms with Gasteiger partial charge in [-0.1, -0.05) is 19.2 Å². The van der Waals surface area contributed by atoms with Crippen LogP contribution in [0.1, 0.15) is 56.4 Å². The average molecular weight is 538 g/mol. The maximum atomic E-state index is 13.0. The van der Waals surface area contributed by atoms with E-state index in [0.717, 1.165) is 74.1 Å². The number of carbonyl (C=O) groups excluding carboxylic acids is 1. The maximum absolute atomic E-state index is 13.0. The number of rotatable bonds is 9. The van der Waals surface area contributed by atoms with E-state index in [1.807, 2.05) is 13.0 Å². The SMILES string of the molecule is C=C(C)/C(=C\C=C(/C)C(=O)NC)NC1CCCCN(C(=C)c2cc(CC(F)(F)F)sc2N=CN)CCC1. The van der Waals surface area contributed by atoms with E-state index in [-0.39, 0.29) is 16.8 Å². The van der Waals surface area contributed by atoms with Crippen molar-refractivity contribution in [2.24, 2.45) is 10.7 Å². The molecule has 1 aliphatic rings. The number of nitrogens with zero attached hydrogens (tertiary/aromatic N) is 2. The van der Waals surface area contributed by atoms with E-state index in [1.54, 1.807) is 20.0 Å². The van der Waals surface area contributed by atoms with E-state index in [1.165, 1.54) is 6.07 Å². The number of amides is 1. The van der Waals surface area contributed by atoms with Crippen LogP contribution >= 0.6 is 11.3 Å². The molecule has 0 spiro atoms. The predicted octanol–water partition coefficient (Wildman–Crippen LogP) is 5.82. The Hall–Kier alpha value is -3.01. The number of aliphatic imine (C=N–C) groups is 1. The van der Waals surface area contributed by atoms with Gasteiger partial charge in [0.15, 0.2) is 0 Å². The molecule has 1 unspecified atom stereocenters. The zero-order chi connectivity index (χ0) is 27.6. The first-order valence-electron chi connectivity index (χ1n) is 12.4. The van der Waals surface area contributed by atoms with Gasteiger partial charge in [0.1, 0.15) is 5.00 Å². The third-order valence-corrected chi connectivity index (χ3v) is 7.18. The normalized spacial score (nSPS) is 18.2. The highest BCUT2D eigenvalue weighted by Crippen LogP contribution is 2.39. The molecule has 2 heterocycles. The van der Waals surface area contributed by atoms with Crippen LogP contribution in [0.2, 0.25) is 0 Å². The van der Waals surface area contributed by atoms with E-state index in [0.29, 0.717) is 21.8 Å². The highest BCUT2D eigenvalue weighted by Gasteiger charge is 2.30. The van der Waals surface area contributed by atoms with Gasteiger partial charge >= 0.3 is 6.18 Å². The monoisotopic (exact) mass is 537 g/mol. The number of nitrogens with one attached hydrogen (secondary N) is 2. The molecule has 2 rings (SSSR count). The van der Waals surface area contributed by atoms with Crippen LogP contribution in [0.5, 0.6) is 0 Å². The first kappa shape index (κ1) is 30.2. The second-order valence-corrected chi connectivity index (χ2v) is 10.3. The Morgan fingerprint density at radius 2 is 1.89 bits per heavy atom. The van der Waals surface area contributed by atoms with Crippen molar-refractivity contribution in [1.29, 1.82) is 0 Å². The summed E-state index contributed by atoms with van der Waals surface area (Å²) in [6.07, 6.45) is 4.15. The van der Waals surface area contributed by atoms with Gasteiger partial charge in [-0.15, -0.1) is 11.3 Å². The first-order chi connectivity index (χ1) is 17.4. The molecule has 6 nitrogen and oxygen atoms in total. The van der Waals surface area contributed by atoms with Crippen molar-refractivity contribution < 1.29 is 18.0 Å². The summed E-state index contributed by atoms with van der Waals surface area (Å²) in [4.78, 5) is 18.2. The summed E-state index contributed by atoms with van der Waals surface area (Å²) in [5.74, 6) is -0.128. The highest BCUT2D eigenvalue weighted by molar-refractivity contribution is 7.16. The fourth-order valence-corrected chi connectivity index (χ4v) is 5.22. The standard InChI is InChI=1S/C27H38F3N5OS/c1-18(2)24(12-11-19(3)25(36)32-5)34-21-9-6-7-13-35(14-8-10-21)20(4)23-15-22(16-27(28,29)30)37-26(23)33-17-31/h11-12,15,17,21,34H,1,4,6-10,13-14,16H2,2-3,5H3,(H2,31,33)(H,32,36)/b19-11+,24-12+. The fraction of sp³-hybridized carbons (Fsp3) is 0.481. The summed E-state index contributed by atoms with van der Waals surface area (Å²) in [6, 6.07) is 1.78. The second kappa shape index (κ2) is 14.1. The highest BCUT2D eigenvalue weighted by atomic mass is 32.1. The number of carbonyl (C=O) groups is 1. The lowest BCUT2D eigenvalue weighted by Gasteiger charge is -2.26. The number of likely N-dealkylation sites (N-methyl/N-ethyl adjacent to an activating group) is 1. The summed E-state index contributed by atoms with van der Waals surface area (Å²) in [5.41, 5.74) is 9.12. The van der Waals surface area contributed by atoms with Crippen molar-refractivity contribution in [3.8, 4) is 0 Å². The van der Waals surface area contributed by atoms with Gasteiger partial charge in [-0.2, -0.15) is 13.2 Å².